The van der Waals surface area contributed by atoms with E-state index in [1.54, 1.807) is 24.5 Å². The number of nitrogens with one attached hydrogen (secondary N) is 2. The molecule has 4 amide bonds. The molecule has 1 saturated carbocycles. The highest BCUT2D eigenvalue weighted by Crippen LogP contribution is 2.29. The third-order valence-electron chi connectivity index (χ3n) is 6.36. The maximum Gasteiger partial charge on any atom is 0.256 e. The van der Waals surface area contributed by atoms with Gasteiger partial charge in [-0.1, -0.05) is 12.5 Å². The van der Waals surface area contributed by atoms with Crippen LogP contribution in [0.3, 0.4) is 0 Å². The summed E-state index contributed by atoms with van der Waals surface area (Å²) in [5, 5.41) is 5.07. The molecule has 2 aliphatic heterocycles. The largest absolute Gasteiger partial charge is 0.335 e. The van der Waals surface area contributed by atoms with Gasteiger partial charge in [0, 0.05) is 36.8 Å². The van der Waals surface area contributed by atoms with Crippen molar-refractivity contribution in [2.24, 2.45) is 5.92 Å². The molecular weight excluding hydrogens is 398 g/mol. The van der Waals surface area contributed by atoms with Gasteiger partial charge in [0.25, 0.3) is 11.8 Å². The van der Waals surface area contributed by atoms with Crippen molar-refractivity contribution < 1.29 is 19.2 Å². The van der Waals surface area contributed by atoms with E-state index in [1.807, 2.05) is 10.8 Å². The second-order valence-corrected chi connectivity index (χ2v) is 8.48. The second kappa shape index (κ2) is 7.64. The molecule has 3 heterocycles. The van der Waals surface area contributed by atoms with Crippen LogP contribution >= 0.6 is 0 Å². The van der Waals surface area contributed by atoms with E-state index in [0.29, 0.717) is 29.3 Å². The van der Waals surface area contributed by atoms with Crippen LogP contribution in [-0.4, -0.2) is 44.1 Å². The van der Waals surface area contributed by atoms with E-state index in [4.69, 9.17) is 0 Å². The summed E-state index contributed by atoms with van der Waals surface area (Å²) < 4.78 is 1.99. The molecule has 2 aromatic rings. The van der Waals surface area contributed by atoms with Crippen LogP contribution in [0.1, 0.15) is 58.4 Å². The zero-order valence-electron chi connectivity index (χ0n) is 17.0. The molecule has 31 heavy (non-hydrogen) atoms. The molecule has 0 spiro atoms. The minimum Gasteiger partial charge on any atom is -0.335 e. The van der Waals surface area contributed by atoms with Crippen molar-refractivity contribution in [2.75, 3.05) is 5.32 Å². The summed E-state index contributed by atoms with van der Waals surface area (Å²) in [5.41, 5.74) is 1.52. The lowest BCUT2D eigenvalue weighted by Crippen LogP contribution is -2.52. The number of anilines is 1. The van der Waals surface area contributed by atoms with Crippen molar-refractivity contribution in [3.63, 3.8) is 0 Å². The molecule has 9 heteroatoms. The lowest BCUT2D eigenvalue weighted by atomic mass is 9.85. The monoisotopic (exact) mass is 421 g/mol. The molecule has 160 valence electrons. The Morgan fingerprint density at radius 1 is 1.19 bits per heavy atom. The minimum atomic E-state index is -0.672. The molecule has 1 aliphatic carbocycles. The molecule has 1 saturated heterocycles. The van der Waals surface area contributed by atoms with Crippen LogP contribution < -0.4 is 10.6 Å². The van der Waals surface area contributed by atoms with Gasteiger partial charge in [-0.25, -0.2) is 4.98 Å². The van der Waals surface area contributed by atoms with E-state index >= 15 is 0 Å². The van der Waals surface area contributed by atoms with E-state index in [9.17, 15) is 19.2 Å². The molecule has 1 unspecified atom stereocenters. The molecule has 0 radical (unpaired) electrons. The number of hydrogen-bond donors (Lipinski definition) is 2. The SMILES string of the molecule is O=C1CCC(N2Cc3ccc(C(=O)Nc4cn(CC5CCC5)cn4)cc3C2=O)C(=O)N1. The van der Waals surface area contributed by atoms with Gasteiger partial charge in [-0.2, -0.15) is 0 Å². The highest BCUT2D eigenvalue weighted by molar-refractivity contribution is 6.08. The number of aromatic nitrogens is 2. The highest BCUT2D eigenvalue weighted by Gasteiger charge is 2.39. The molecule has 1 atom stereocenters. The highest BCUT2D eigenvalue weighted by atomic mass is 16.2. The van der Waals surface area contributed by atoms with E-state index in [0.717, 1.165) is 12.1 Å². The van der Waals surface area contributed by atoms with Gasteiger partial charge < -0.3 is 14.8 Å². The number of amides is 4. The van der Waals surface area contributed by atoms with Crippen LogP contribution in [0, 0.1) is 5.92 Å². The summed E-state index contributed by atoms with van der Waals surface area (Å²) in [5.74, 6) is -0.255. The first-order valence-corrected chi connectivity index (χ1v) is 10.6. The molecule has 1 aromatic heterocycles. The number of carbonyl (C=O) groups is 4. The van der Waals surface area contributed by atoms with Crippen LogP contribution in [0.15, 0.2) is 30.7 Å². The van der Waals surface area contributed by atoms with E-state index in [2.05, 4.69) is 15.6 Å². The Kier molecular flexibility index (Phi) is 4.80. The molecule has 0 bridgehead atoms. The van der Waals surface area contributed by atoms with Gasteiger partial charge in [0.2, 0.25) is 11.8 Å². The third kappa shape index (κ3) is 3.71. The first kappa shape index (κ1) is 19.5. The van der Waals surface area contributed by atoms with Crippen molar-refractivity contribution >= 4 is 29.4 Å². The Hall–Kier alpha value is -3.49. The Balaban J connectivity index is 1.27. The van der Waals surface area contributed by atoms with Crippen LogP contribution in [0.5, 0.6) is 0 Å². The molecule has 3 aliphatic rings. The van der Waals surface area contributed by atoms with Crippen LogP contribution in [0.4, 0.5) is 5.82 Å². The smallest absolute Gasteiger partial charge is 0.256 e. The zero-order valence-corrected chi connectivity index (χ0v) is 17.0. The van der Waals surface area contributed by atoms with Gasteiger partial charge in [-0.3, -0.25) is 24.5 Å². The summed E-state index contributed by atoms with van der Waals surface area (Å²) in [6, 6.07) is 4.29. The van der Waals surface area contributed by atoms with Crippen molar-refractivity contribution in [1.82, 2.24) is 19.8 Å². The molecule has 1 aromatic carbocycles. The van der Waals surface area contributed by atoms with Gasteiger partial charge in [0.15, 0.2) is 5.82 Å². The Labute approximate surface area is 178 Å². The average molecular weight is 421 g/mol. The summed E-state index contributed by atoms with van der Waals surface area (Å²) in [7, 11) is 0. The quantitative estimate of drug-likeness (QED) is 0.714. The van der Waals surface area contributed by atoms with Crippen molar-refractivity contribution in [2.45, 2.75) is 51.2 Å². The number of piperidine rings is 1. The number of fused-ring (bicyclic) bond motifs is 1. The summed E-state index contributed by atoms with van der Waals surface area (Å²) in [6.45, 7) is 1.19. The standard InChI is InChI=1S/C22H23N5O4/c28-19-7-6-17(21(30)25-19)27-10-15-5-4-14(8-16(15)22(27)31)20(29)24-18-11-26(12-23-18)9-13-2-1-3-13/h4-5,8,11-13,17H,1-3,6-7,9-10H2,(H,24,29)(H,25,28,30). The fourth-order valence-corrected chi connectivity index (χ4v) is 4.38. The van der Waals surface area contributed by atoms with E-state index < -0.39 is 11.9 Å². The first-order chi connectivity index (χ1) is 15.0. The molecule has 2 N–H and O–H groups in total. The average Bonchev–Trinajstić information content (AvgIpc) is 3.29. The van der Waals surface area contributed by atoms with Crippen LogP contribution in [0.25, 0.3) is 0 Å². The van der Waals surface area contributed by atoms with Crippen LogP contribution in [-0.2, 0) is 22.7 Å². The number of imidazole rings is 1. The van der Waals surface area contributed by atoms with Crippen molar-refractivity contribution in [3.8, 4) is 0 Å². The van der Waals surface area contributed by atoms with Gasteiger partial charge in [-0.15, -0.1) is 0 Å². The van der Waals surface area contributed by atoms with E-state index in [1.165, 1.54) is 24.2 Å². The Bertz CT molecular complexity index is 1090. The number of imide groups is 1. The zero-order chi connectivity index (χ0) is 21.5. The number of carbonyl (C=O) groups excluding carboxylic acids is 4. The number of rotatable bonds is 5. The minimum absolute atomic E-state index is 0.206. The van der Waals surface area contributed by atoms with Crippen molar-refractivity contribution in [1.29, 1.82) is 0 Å². The lowest BCUT2D eigenvalue weighted by molar-refractivity contribution is -0.136. The van der Waals surface area contributed by atoms with Gasteiger partial charge in [0.05, 0.1) is 6.33 Å². The molecule has 5 rings (SSSR count). The summed E-state index contributed by atoms with van der Waals surface area (Å²) in [6.07, 6.45) is 7.80. The predicted molar refractivity (Wildman–Crippen MR) is 110 cm³/mol. The third-order valence-corrected chi connectivity index (χ3v) is 6.36. The topological polar surface area (TPSA) is 113 Å². The molecular formula is C22H23N5O4. The van der Waals surface area contributed by atoms with Crippen molar-refractivity contribution in [3.05, 3.63) is 47.4 Å². The maximum atomic E-state index is 12.9. The first-order valence-electron chi connectivity index (χ1n) is 10.6. The Morgan fingerprint density at radius 2 is 2.03 bits per heavy atom. The van der Waals surface area contributed by atoms with Gasteiger partial charge in [-0.05, 0) is 42.9 Å². The fourth-order valence-electron chi connectivity index (χ4n) is 4.38. The summed E-state index contributed by atoms with van der Waals surface area (Å²) in [4.78, 5) is 54.9. The van der Waals surface area contributed by atoms with Crippen LogP contribution in [0.2, 0.25) is 0 Å². The number of nitrogens with zero attached hydrogens (tertiary/aromatic N) is 3. The number of benzene rings is 1. The number of hydrogen-bond acceptors (Lipinski definition) is 5. The molecule has 9 nitrogen and oxygen atoms in total. The maximum absolute atomic E-state index is 12.9. The molecule has 2 fully saturated rings. The van der Waals surface area contributed by atoms with Gasteiger partial charge in [0.1, 0.15) is 6.04 Å². The Morgan fingerprint density at radius 3 is 2.77 bits per heavy atom. The lowest BCUT2D eigenvalue weighted by Gasteiger charge is -2.29. The van der Waals surface area contributed by atoms with E-state index in [-0.39, 0.29) is 30.7 Å². The second-order valence-electron chi connectivity index (χ2n) is 8.48. The fraction of sp³-hybridized carbons (Fsp3) is 0.409. The normalized spacial score (nSPS) is 21.0. The summed E-state index contributed by atoms with van der Waals surface area (Å²) >= 11 is 0. The van der Waals surface area contributed by atoms with Gasteiger partial charge >= 0.3 is 0 Å². The predicted octanol–water partition coefficient (Wildman–Crippen LogP) is 1.70.